The van der Waals surface area contributed by atoms with E-state index in [2.05, 4.69) is 9.97 Å². The topological polar surface area (TPSA) is 38.9 Å². The smallest absolute Gasteiger partial charge is 0.223 e. The molecule has 0 unspecified atom stereocenters. The van der Waals surface area contributed by atoms with Gasteiger partial charge in [-0.25, -0.2) is 9.97 Å². The third kappa shape index (κ3) is 1.55. The highest BCUT2D eigenvalue weighted by atomic mass is 35.5. The van der Waals surface area contributed by atoms with Gasteiger partial charge in [-0.1, -0.05) is 0 Å². The number of furan rings is 1. The maximum Gasteiger partial charge on any atom is 0.223 e. The van der Waals surface area contributed by atoms with Crippen LogP contribution in [0.3, 0.4) is 0 Å². The van der Waals surface area contributed by atoms with E-state index in [0.29, 0.717) is 5.76 Å². The van der Waals surface area contributed by atoms with Crippen LogP contribution in [0.5, 0.6) is 0 Å². The van der Waals surface area contributed by atoms with Crippen molar-refractivity contribution in [3.05, 3.63) is 35.4 Å². The maximum atomic E-state index is 5.67. The van der Waals surface area contributed by atoms with Gasteiger partial charge in [0, 0.05) is 6.20 Å². The van der Waals surface area contributed by atoms with Gasteiger partial charge in [-0.3, -0.25) is 0 Å². The van der Waals surface area contributed by atoms with Gasteiger partial charge in [-0.05, 0) is 36.2 Å². The standard InChI is InChI=1S/C9H7ClN2O/c1-6-5-11-9(10)12-8(6)7-3-2-4-13-7/h2-5H,1H3. The zero-order chi connectivity index (χ0) is 9.26. The van der Waals surface area contributed by atoms with Crippen LogP contribution < -0.4 is 0 Å². The van der Waals surface area contributed by atoms with Crippen LogP contribution in [0, 0.1) is 6.92 Å². The molecule has 0 saturated heterocycles. The fraction of sp³-hybridized carbons (Fsp3) is 0.111. The lowest BCUT2D eigenvalue weighted by molar-refractivity contribution is 0.579. The molecule has 2 aromatic heterocycles. The van der Waals surface area contributed by atoms with E-state index in [-0.39, 0.29) is 5.28 Å². The molecule has 3 nitrogen and oxygen atoms in total. The number of nitrogens with zero attached hydrogens (tertiary/aromatic N) is 2. The molecule has 2 rings (SSSR count). The first-order valence-corrected chi connectivity index (χ1v) is 4.18. The van der Waals surface area contributed by atoms with Crippen molar-refractivity contribution in [3.8, 4) is 11.5 Å². The maximum absolute atomic E-state index is 5.67. The summed E-state index contributed by atoms with van der Waals surface area (Å²) in [5.74, 6) is 0.710. The van der Waals surface area contributed by atoms with Crippen molar-refractivity contribution in [1.29, 1.82) is 0 Å². The molecule has 2 aromatic rings. The fourth-order valence-electron chi connectivity index (χ4n) is 1.08. The molecule has 0 fully saturated rings. The Labute approximate surface area is 80.4 Å². The monoisotopic (exact) mass is 194 g/mol. The molecule has 0 aliphatic rings. The zero-order valence-corrected chi connectivity index (χ0v) is 7.75. The molecular weight excluding hydrogens is 188 g/mol. The molecule has 0 aromatic carbocycles. The number of rotatable bonds is 1. The highest BCUT2D eigenvalue weighted by molar-refractivity contribution is 6.28. The van der Waals surface area contributed by atoms with Gasteiger partial charge in [0.05, 0.1) is 6.26 Å². The van der Waals surface area contributed by atoms with Crippen molar-refractivity contribution in [3.63, 3.8) is 0 Å². The predicted octanol–water partition coefficient (Wildman–Crippen LogP) is 2.70. The van der Waals surface area contributed by atoms with Crippen LogP contribution in [0.25, 0.3) is 11.5 Å². The van der Waals surface area contributed by atoms with Gasteiger partial charge in [0.2, 0.25) is 5.28 Å². The Morgan fingerprint density at radius 3 is 3.00 bits per heavy atom. The van der Waals surface area contributed by atoms with Crippen molar-refractivity contribution in [2.24, 2.45) is 0 Å². The van der Waals surface area contributed by atoms with Gasteiger partial charge < -0.3 is 4.42 Å². The number of hydrogen-bond acceptors (Lipinski definition) is 3. The van der Waals surface area contributed by atoms with E-state index in [0.717, 1.165) is 11.3 Å². The number of hydrogen-bond donors (Lipinski definition) is 0. The second-order valence-electron chi connectivity index (χ2n) is 2.65. The van der Waals surface area contributed by atoms with E-state index < -0.39 is 0 Å². The summed E-state index contributed by atoms with van der Waals surface area (Å²) >= 11 is 5.67. The van der Waals surface area contributed by atoms with Crippen LogP contribution in [0.15, 0.2) is 29.0 Å². The van der Waals surface area contributed by atoms with Crippen molar-refractivity contribution in [2.75, 3.05) is 0 Å². The summed E-state index contributed by atoms with van der Waals surface area (Å²) in [5.41, 5.74) is 1.68. The minimum Gasteiger partial charge on any atom is -0.463 e. The van der Waals surface area contributed by atoms with Gasteiger partial charge in [-0.15, -0.1) is 0 Å². The molecule has 4 heteroatoms. The molecule has 2 heterocycles. The van der Waals surface area contributed by atoms with Crippen LogP contribution in [0.4, 0.5) is 0 Å². The molecule has 66 valence electrons. The number of aromatic nitrogens is 2. The van der Waals surface area contributed by atoms with Crippen molar-refractivity contribution in [2.45, 2.75) is 6.92 Å². The largest absolute Gasteiger partial charge is 0.463 e. The van der Waals surface area contributed by atoms with Gasteiger partial charge in [0.1, 0.15) is 5.69 Å². The first-order chi connectivity index (χ1) is 6.27. The molecule has 0 saturated carbocycles. The molecule has 13 heavy (non-hydrogen) atoms. The zero-order valence-electron chi connectivity index (χ0n) is 6.99. The number of aryl methyl sites for hydroxylation is 1. The summed E-state index contributed by atoms with van der Waals surface area (Å²) in [6, 6.07) is 3.65. The van der Waals surface area contributed by atoms with Gasteiger partial charge >= 0.3 is 0 Å². The van der Waals surface area contributed by atoms with Crippen molar-refractivity contribution in [1.82, 2.24) is 9.97 Å². The second-order valence-corrected chi connectivity index (χ2v) is 2.99. The molecule has 0 aliphatic heterocycles. The molecule has 0 radical (unpaired) electrons. The van der Waals surface area contributed by atoms with Gasteiger partial charge in [0.25, 0.3) is 0 Å². The third-order valence-electron chi connectivity index (χ3n) is 1.70. The lowest BCUT2D eigenvalue weighted by atomic mass is 10.2. The average Bonchev–Trinajstić information content (AvgIpc) is 2.61. The summed E-state index contributed by atoms with van der Waals surface area (Å²) < 4.78 is 5.21. The molecule has 0 N–H and O–H groups in total. The highest BCUT2D eigenvalue weighted by Crippen LogP contribution is 2.21. The van der Waals surface area contributed by atoms with Gasteiger partial charge in [0.15, 0.2) is 5.76 Å². The summed E-state index contributed by atoms with van der Waals surface area (Å²) in [4.78, 5) is 7.94. The van der Waals surface area contributed by atoms with Crippen molar-refractivity contribution < 1.29 is 4.42 Å². The quantitative estimate of drug-likeness (QED) is 0.656. The van der Waals surface area contributed by atoms with Crippen LogP contribution in [0.1, 0.15) is 5.56 Å². The van der Waals surface area contributed by atoms with Crippen LogP contribution in [-0.2, 0) is 0 Å². The number of halogens is 1. The van der Waals surface area contributed by atoms with Crippen LogP contribution in [0.2, 0.25) is 5.28 Å². The SMILES string of the molecule is Cc1cnc(Cl)nc1-c1ccco1. The lowest BCUT2D eigenvalue weighted by Gasteiger charge is -1.99. The molecular formula is C9H7ClN2O. The van der Waals surface area contributed by atoms with Crippen LogP contribution in [-0.4, -0.2) is 9.97 Å². The minimum absolute atomic E-state index is 0.233. The Kier molecular flexibility index (Phi) is 2.02. The summed E-state index contributed by atoms with van der Waals surface area (Å²) in [6.07, 6.45) is 3.28. The molecule has 0 atom stereocenters. The summed E-state index contributed by atoms with van der Waals surface area (Å²) in [6.45, 7) is 1.91. The fourth-order valence-corrected chi connectivity index (χ4v) is 1.22. The third-order valence-corrected chi connectivity index (χ3v) is 1.88. The Balaban J connectivity index is 2.57. The van der Waals surface area contributed by atoms with Crippen molar-refractivity contribution >= 4 is 11.6 Å². The van der Waals surface area contributed by atoms with E-state index >= 15 is 0 Å². The van der Waals surface area contributed by atoms with E-state index in [1.165, 1.54) is 0 Å². The predicted molar refractivity (Wildman–Crippen MR) is 49.5 cm³/mol. The Hall–Kier alpha value is -1.35. The van der Waals surface area contributed by atoms with E-state index in [1.54, 1.807) is 12.5 Å². The normalized spacial score (nSPS) is 10.3. The molecule has 0 amide bonds. The van der Waals surface area contributed by atoms with Gasteiger partial charge in [-0.2, -0.15) is 0 Å². The Bertz CT molecular complexity index is 412. The van der Waals surface area contributed by atoms with Crippen LogP contribution >= 0.6 is 11.6 Å². The first-order valence-electron chi connectivity index (χ1n) is 3.80. The molecule has 0 spiro atoms. The Morgan fingerprint density at radius 2 is 2.31 bits per heavy atom. The first kappa shape index (κ1) is 8.26. The second kappa shape index (κ2) is 3.18. The summed E-state index contributed by atoms with van der Waals surface area (Å²) in [7, 11) is 0. The van der Waals surface area contributed by atoms with E-state index in [9.17, 15) is 0 Å². The lowest BCUT2D eigenvalue weighted by Crippen LogP contribution is -1.89. The highest BCUT2D eigenvalue weighted by Gasteiger charge is 2.07. The molecule has 0 aliphatic carbocycles. The molecule has 0 bridgehead atoms. The van der Waals surface area contributed by atoms with E-state index in [4.69, 9.17) is 16.0 Å². The minimum atomic E-state index is 0.233. The average molecular weight is 195 g/mol. The Morgan fingerprint density at radius 1 is 1.46 bits per heavy atom. The summed E-state index contributed by atoms with van der Waals surface area (Å²) in [5, 5.41) is 0.233. The van der Waals surface area contributed by atoms with E-state index in [1.807, 2.05) is 19.1 Å².